The van der Waals surface area contributed by atoms with E-state index in [9.17, 15) is 13.2 Å². The standard InChI is InChI=1S/C18H30N2O5S/c1-3-4-5-6-7-8-9-18(19-14-17(21)20-22)26(23,24)16-12-10-15(25-2)11-13-16/h10-13,18-19,22H,3-9,14H2,1-2H3,(H,20,21). The summed E-state index contributed by atoms with van der Waals surface area (Å²) < 4.78 is 30.9. The van der Waals surface area contributed by atoms with Crippen LogP contribution in [0.3, 0.4) is 0 Å². The van der Waals surface area contributed by atoms with Crippen molar-refractivity contribution in [1.29, 1.82) is 0 Å². The molecule has 1 aromatic rings. The maximum atomic E-state index is 12.9. The highest BCUT2D eigenvalue weighted by atomic mass is 32.2. The van der Waals surface area contributed by atoms with Crippen molar-refractivity contribution in [2.45, 2.75) is 62.1 Å². The van der Waals surface area contributed by atoms with Crippen LogP contribution in [-0.2, 0) is 14.6 Å². The maximum absolute atomic E-state index is 12.9. The highest BCUT2D eigenvalue weighted by molar-refractivity contribution is 7.92. The molecule has 1 atom stereocenters. The SMILES string of the molecule is CCCCCCCCC(NCC(=O)NO)S(=O)(=O)c1ccc(OC)cc1. The van der Waals surface area contributed by atoms with Crippen LogP contribution in [0.4, 0.5) is 0 Å². The van der Waals surface area contributed by atoms with E-state index in [1.165, 1.54) is 31.1 Å². The van der Waals surface area contributed by atoms with Gasteiger partial charge < -0.3 is 4.74 Å². The molecule has 148 valence electrons. The number of unbranched alkanes of at least 4 members (excludes halogenated alkanes) is 5. The molecule has 0 aliphatic carbocycles. The number of hydrogen-bond acceptors (Lipinski definition) is 6. The molecule has 0 radical (unpaired) electrons. The Bertz CT molecular complexity index is 631. The van der Waals surface area contributed by atoms with Crippen LogP contribution >= 0.6 is 0 Å². The lowest BCUT2D eigenvalue weighted by Crippen LogP contribution is -2.42. The van der Waals surface area contributed by atoms with E-state index < -0.39 is 21.1 Å². The molecule has 0 aliphatic rings. The highest BCUT2D eigenvalue weighted by Gasteiger charge is 2.27. The number of hydrogen-bond donors (Lipinski definition) is 3. The molecule has 1 unspecified atom stereocenters. The molecule has 0 spiro atoms. The van der Waals surface area contributed by atoms with E-state index in [0.29, 0.717) is 12.2 Å². The number of nitrogens with one attached hydrogen (secondary N) is 2. The van der Waals surface area contributed by atoms with Gasteiger partial charge in [-0.15, -0.1) is 0 Å². The molecule has 8 heteroatoms. The van der Waals surface area contributed by atoms with Crippen molar-refractivity contribution >= 4 is 15.7 Å². The number of ether oxygens (including phenoxy) is 1. The molecule has 0 fully saturated rings. The van der Waals surface area contributed by atoms with Crippen molar-refractivity contribution in [1.82, 2.24) is 10.8 Å². The maximum Gasteiger partial charge on any atom is 0.257 e. The summed E-state index contributed by atoms with van der Waals surface area (Å²) in [5, 5.41) is 10.5. The molecule has 0 bridgehead atoms. The Morgan fingerprint density at radius 3 is 2.31 bits per heavy atom. The third-order valence-electron chi connectivity index (χ3n) is 4.20. The van der Waals surface area contributed by atoms with E-state index in [-0.39, 0.29) is 11.4 Å². The number of carbonyl (C=O) groups is 1. The Kier molecular flexibility index (Phi) is 10.2. The van der Waals surface area contributed by atoms with Gasteiger partial charge in [-0.3, -0.25) is 15.3 Å². The van der Waals surface area contributed by atoms with Gasteiger partial charge in [-0.1, -0.05) is 45.4 Å². The molecule has 1 rings (SSSR count). The van der Waals surface area contributed by atoms with Gasteiger partial charge in [0.25, 0.3) is 5.91 Å². The minimum atomic E-state index is -3.66. The van der Waals surface area contributed by atoms with Crippen LogP contribution in [0.2, 0.25) is 0 Å². The lowest BCUT2D eigenvalue weighted by Gasteiger charge is -2.19. The van der Waals surface area contributed by atoms with Crippen LogP contribution in [0, 0.1) is 0 Å². The molecule has 26 heavy (non-hydrogen) atoms. The lowest BCUT2D eigenvalue weighted by molar-refractivity contribution is -0.128. The third kappa shape index (κ3) is 7.31. The van der Waals surface area contributed by atoms with Gasteiger partial charge in [0.15, 0.2) is 9.84 Å². The molecule has 0 aliphatic heterocycles. The number of benzene rings is 1. The summed E-state index contributed by atoms with van der Waals surface area (Å²) in [6, 6.07) is 6.18. The number of carbonyl (C=O) groups excluding carboxylic acids is 1. The Morgan fingerprint density at radius 1 is 1.12 bits per heavy atom. The second-order valence-corrected chi connectivity index (χ2v) is 8.31. The van der Waals surface area contributed by atoms with E-state index in [1.54, 1.807) is 12.1 Å². The molecular weight excluding hydrogens is 356 g/mol. The van der Waals surface area contributed by atoms with Crippen molar-refractivity contribution in [2.24, 2.45) is 0 Å². The summed E-state index contributed by atoms with van der Waals surface area (Å²) in [7, 11) is -2.14. The van der Waals surface area contributed by atoms with E-state index in [1.807, 2.05) is 0 Å². The van der Waals surface area contributed by atoms with Crippen molar-refractivity contribution in [3.05, 3.63) is 24.3 Å². The van der Waals surface area contributed by atoms with Crippen LogP contribution < -0.4 is 15.5 Å². The van der Waals surface area contributed by atoms with Crippen molar-refractivity contribution in [3.63, 3.8) is 0 Å². The van der Waals surface area contributed by atoms with E-state index >= 15 is 0 Å². The largest absolute Gasteiger partial charge is 0.497 e. The summed E-state index contributed by atoms with van der Waals surface area (Å²) in [5.74, 6) is -0.105. The minimum absolute atomic E-state index is 0.172. The molecular formula is C18H30N2O5S. The lowest BCUT2D eigenvalue weighted by atomic mass is 10.1. The van der Waals surface area contributed by atoms with Gasteiger partial charge in [0.1, 0.15) is 11.1 Å². The molecule has 0 saturated heterocycles. The fourth-order valence-electron chi connectivity index (χ4n) is 2.65. The zero-order chi connectivity index (χ0) is 19.4. The van der Waals surface area contributed by atoms with Crippen molar-refractivity contribution in [2.75, 3.05) is 13.7 Å². The molecule has 1 aromatic carbocycles. The van der Waals surface area contributed by atoms with Gasteiger partial charge in [0.05, 0.1) is 18.6 Å². The van der Waals surface area contributed by atoms with Crippen molar-refractivity contribution in [3.8, 4) is 5.75 Å². The number of hydroxylamine groups is 1. The van der Waals surface area contributed by atoms with Gasteiger partial charge in [-0.2, -0.15) is 0 Å². The Morgan fingerprint density at radius 2 is 1.73 bits per heavy atom. The summed E-state index contributed by atoms with van der Waals surface area (Å²) in [6.45, 7) is 1.87. The van der Waals surface area contributed by atoms with Crippen molar-refractivity contribution < 1.29 is 23.2 Å². The van der Waals surface area contributed by atoms with Crippen LogP contribution in [0.15, 0.2) is 29.2 Å². The zero-order valence-corrected chi connectivity index (χ0v) is 16.3. The normalized spacial score (nSPS) is 12.6. The number of sulfone groups is 1. The summed E-state index contributed by atoms with van der Waals surface area (Å²) in [6.07, 6.45) is 6.65. The first kappa shape index (κ1) is 22.4. The van der Waals surface area contributed by atoms with Crippen LogP contribution in [0.5, 0.6) is 5.75 Å². The Hall–Kier alpha value is -1.64. The topological polar surface area (TPSA) is 105 Å². The molecule has 1 amide bonds. The smallest absolute Gasteiger partial charge is 0.257 e. The van der Waals surface area contributed by atoms with Crippen LogP contribution in [0.1, 0.15) is 51.9 Å². The first-order chi connectivity index (χ1) is 12.5. The molecule has 7 nitrogen and oxygen atoms in total. The second kappa shape index (κ2) is 11.9. The van der Waals surface area contributed by atoms with E-state index in [4.69, 9.17) is 9.94 Å². The molecule has 0 saturated carbocycles. The van der Waals surface area contributed by atoms with Gasteiger partial charge >= 0.3 is 0 Å². The quantitative estimate of drug-likeness (QED) is 0.273. The van der Waals surface area contributed by atoms with Crippen LogP contribution in [-0.4, -0.2) is 38.6 Å². The molecule has 0 heterocycles. The number of methoxy groups -OCH3 is 1. The third-order valence-corrected chi connectivity index (χ3v) is 6.28. The zero-order valence-electron chi connectivity index (χ0n) is 15.5. The van der Waals surface area contributed by atoms with Gasteiger partial charge in [-0.05, 0) is 30.7 Å². The minimum Gasteiger partial charge on any atom is -0.497 e. The van der Waals surface area contributed by atoms with E-state index in [2.05, 4.69) is 12.2 Å². The predicted molar refractivity (Wildman–Crippen MR) is 99.9 cm³/mol. The highest BCUT2D eigenvalue weighted by Crippen LogP contribution is 2.22. The number of rotatable bonds is 13. The van der Waals surface area contributed by atoms with Crippen LogP contribution in [0.25, 0.3) is 0 Å². The average molecular weight is 387 g/mol. The average Bonchev–Trinajstić information content (AvgIpc) is 2.66. The fourth-order valence-corrected chi connectivity index (χ4v) is 4.28. The Balaban J connectivity index is 2.77. The predicted octanol–water partition coefficient (Wildman–Crippen LogP) is 2.64. The second-order valence-electron chi connectivity index (χ2n) is 6.18. The summed E-state index contributed by atoms with van der Waals surface area (Å²) >= 11 is 0. The van der Waals surface area contributed by atoms with Gasteiger partial charge in [0.2, 0.25) is 0 Å². The Labute approximate surface area is 156 Å². The molecule has 3 N–H and O–H groups in total. The van der Waals surface area contributed by atoms with Gasteiger partial charge in [0, 0.05) is 0 Å². The van der Waals surface area contributed by atoms with Gasteiger partial charge in [-0.25, -0.2) is 13.9 Å². The first-order valence-corrected chi connectivity index (χ1v) is 10.5. The molecule has 0 aromatic heterocycles. The summed E-state index contributed by atoms with van der Waals surface area (Å²) in [4.78, 5) is 11.4. The monoisotopic (exact) mass is 386 g/mol. The fraction of sp³-hybridized carbons (Fsp3) is 0.611. The first-order valence-electron chi connectivity index (χ1n) is 9.00. The summed E-state index contributed by atoms with van der Waals surface area (Å²) in [5.41, 5.74) is 1.50. The van der Waals surface area contributed by atoms with E-state index in [0.717, 1.165) is 32.1 Å². The number of amides is 1.